The van der Waals surface area contributed by atoms with Crippen molar-refractivity contribution in [3.63, 3.8) is 0 Å². The normalized spacial score (nSPS) is 18.0. The summed E-state index contributed by atoms with van der Waals surface area (Å²) in [4.78, 5) is 26.7. The van der Waals surface area contributed by atoms with E-state index in [1.54, 1.807) is 0 Å². The quantitative estimate of drug-likeness (QED) is 0.608. The molecule has 0 unspecified atom stereocenters. The average Bonchev–Trinajstić information content (AvgIpc) is 3.21. The van der Waals surface area contributed by atoms with Crippen LogP contribution in [0.25, 0.3) is 11.4 Å². The zero-order chi connectivity index (χ0) is 23.7. The van der Waals surface area contributed by atoms with Crippen molar-refractivity contribution in [1.82, 2.24) is 14.9 Å². The van der Waals surface area contributed by atoms with Gasteiger partial charge in [-0.15, -0.1) is 0 Å². The number of carbonyl (C=O) groups is 1. The molecule has 0 saturated carbocycles. The number of carbonyl (C=O) groups excluding carboxylic acids is 1. The van der Waals surface area contributed by atoms with Gasteiger partial charge in [-0.25, -0.2) is 19.2 Å². The van der Waals surface area contributed by atoms with Gasteiger partial charge >= 0.3 is 6.03 Å². The van der Waals surface area contributed by atoms with Crippen molar-refractivity contribution in [3.05, 3.63) is 65.6 Å². The summed E-state index contributed by atoms with van der Waals surface area (Å²) in [6.07, 6.45) is 0. The van der Waals surface area contributed by atoms with E-state index in [9.17, 15) is 9.18 Å². The van der Waals surface area contributed by atoms with E-state index in [1.165, 1.54) is 29.8 Å². The fourth-order valence-electron chi connectivity index (χ4n) is 4.33. The number of halogens is 1. The lowest BCUT2D eigenvalue weighted by atomic mass is 10.1. The Morgan fingerprint density at radius 1 is 1.03 bits per heavy atom. The number of benzene rings is 2. The van der Waals surface area contributed by atoms with Gasteiger partial charge in [0.2, 0.25) is 0 Å². The third kappa shape index (κ3) is 4.71. The van der Waals surface area contributed by atoms with Crippen LogP contribution < -0.4 is 15.5 Å². The molecule has 8 nitrogen and oxygen atoms in total. The molecule has 0 spiro atoms. The van der Waals surface area contributed by atoms with Crippen LogP contribution in [0.15, 0.2) is 48.5 Å². The van der Waals surface area contributed by atoms with Crippen LogP contribution in [0.5, 0.6) is 0 Å². The van der Waals surface area contributed by atoms with Crippen molar-refractivity contribution in [3.8, 4) is 11.4 Å². The summed E-state index contributed by atoms with van der Waals surface area (Å²) in [7, 11) is 2.09. The molecule has 1 atom stereocenters. The lowest BCUT2D eigenvalue weighted by Gasteiger charge is -2.35. The lowest BCUT2D eigenvalue weighted by molar-refractivity contribution is 0.0984. The molecule has 1 fully saturated rings. The predicted molar refractivity (Wildman–Crippen MR) is 129 cm³/mol. The molecule has 0 aliphatic carbocycles. The summed E-state index contributed by atoms with van der Waals surface area (Å²) in [5.74, 6) is 1.30. The highest BCUT2D eigenvalue weighted by molar-refractivity contribution is 5.99. The molecule has 9 heteroatoms. The zero-order valence-electron chi connectivity index (χ0n) is 19.2. The molecule has 2 amide bonds. The number of hydrogen-bond donors (Lipinski definition) is 2. The van der Waals surface area contributed by atoms with E-state index in [0.29, 0.717) is 30.4 Å². The second-order valence-corrected chi connectivity index (χ2v) is 8.75. The molecule has 3 heterocycles. The van der Waals surface area contributed by atoms with Crippen LogP contribution in [0.2, 0.25) is 0 Å². The topological polar surface area (TPSA) is 82.6 Å². The molecule has 3 aromatic rings. The van der Waals surface area contributed by atoms with E-state index in [0.717, 1.165) is 36.7 Å². The summed E-state index contributed by atoms with van der Waals surface area (Å²) in [5, 5.41) is 5.47. The smallest absolute Gasteiger partial charge is 0.323 e. The Bertz CT molecular complexity index is 1190. The molecular weight excluding hydrogens is 435 g/mol. The Morgan fingerprint density at radius 3 is 2.38 bits per heavy atom. The SMILES string of the molecule is C[C@H]1COCCN1c1nc(-c2ccc(NC(=O)Nc3ccc(F)cc3)cc2)nc2c1CN(C)C2. The van der Waals surface area contributed by atoms with Crippen molar-refractivity contribution >= 4 is 23.2 Å². The Kier molecular flexibility index (Phi) is 6.12. The summed E-state index contributed by atoms with van der Waals surface area (Å²) < 4.78 is 18.7. The molecule has 34 heavy (non-hydrogen) atoms. The van der Waals surface area contributed by atoms with E-state index in [4.69, 9.17) is 14.7 Å². The van der Waals surface area contributed by atoms with Gasteiger partial charge in [-0.3, -0.25) is 4.90 Å². The first-order valence-electron chi connectivity index (χ1n) is 11.3. The highest BCUT2D eigenvalue weighted by Gasteiger charge is 2.29. The summed E-state index contributed by atoms with van der Waals surface area (Å²) in [5.41, 5.74) is 4.27. The van der Waals surface area contributed by atoms with Crippen molar-refractivity contribution in [2.24, 2.45) is 0 Å². The van der Waals surface area contributed by atoms with Gasteiger partial charge in [-0.05, 0) is 62.5 Å². The fourth-order valence-corrected chi connectivity index (χ4v) is 4.33. The first kappa shape index (κ1) is 22.2. The highest BCUT2D eigenvalue weighted by Crippen LogP contribution is 2.33. The minimum Gasteiger partial charge on any atom is -0.377 e. The molecule has 2 aliphatic heterocycles. The van der Waals surface area contributed by atoms with Crippen molar-refractivity contribution < 1.29 is 13.9 Å². The largest absolute Gasteiger partial charge is 0.377 e. The molecule has 2 aliphatic rings. The number of aromatic nitrogens is 2. The molecule has 176 valence electrons. The van der Waals surface area contributed by atoms with Gasteiger partial charge in [0, 0.05) is 42.1 Å². The minimum absolute atomic E-state index is 0.248. The van der Waals surface area contributed by atoms with Gasteiger partial charge in [0.15, 0.2) is 5.82 Å². The van der Waals surface area contributed by atoms with E-state index >= 15 is 0 Å². The van der Waals surface area contributed by atoms with Crippen LogP contribution in [-0.4, -0.2) is 53.7 Å². The first-order valence-corrected chi connectivity index (χ1v) is 11.3. The molecule has 1 saturated heterocycles. The molecule has 2 N–H and O–H groups in total. The number of hydrogen-bond acceptors (Lipinski definition) is 6. The fraction of sp³-hybridized carbons (Fsp3) is 0.320. The molecule has 2 aromatic carbocycles. The van der Waals surface area contributed by atoms with Gasteiger partial charge in [0.25, 0.3) is 0 Å². The van der Waals surface area contributed by atoms with Crippen LogP contribution in [0.1, 0.15) is 18.2 Å². The Balaban J connectivity index is 1.35. The third-order valence-corrected chi connectivity index (χ3v) is 6.06. The number of nitrogens with zero attached hydrogens (tertiary/aromatic N) is 4. The van der Waals surface area contributed by atoms with Gasteiger partial charge < -0.3 is 20.3 Å². The minimum atomic E-state index is -0.403. The molecule has 1 aromatic heterocycles. The zero-order valence-corrected chi connectivity index (χ0v) is 19.2. The Hall–Kier alpha value is -3.56. The van der Waals surface area contributed by atoms with Crippen LogP contribution in [0.3, 0.4) is 0 Å². The van der Waals surface area contributed by atoms with Crippen LogP contribution in [0.4, 0.5) is 26.4 Å². The van der Waals surface area contributed by atoms with E-state index in [1.807, 2.05) is 24.3 Å². The number of urea groups is 1. The molecule has 0 radical (unpaired) electrons. The van der Waals surface area contributed by atoms with Crippen LogP contribution >= 0.6 is 0 Å². The average molecular weight is 463 g/mol. The monoisotopic (exact) mass is 462 g/mol. The number of anilines is 3. The maximum atomic E-state index is 13.0. The molecule has 5 rings (SSSR count). The van der Waals surface area contributed by atoms with E-state index in [-0.39, 0.29) is 11.9 Å². The third-order valence-electron chi connectivity index (χ3n) is 6.06. The second kappa shape index (κ2) is 9.36. The van der Waals surface area contributed by atoms with Crippen molar-refractivity contribution in [2.45, 2.75) is 26.1 Å². The maximum absolute atomic E-state index is 13.0. The number of nitrogens with one attached hydrogen (secondary N) is 2. The second-order valence-electron chi connectivity index (χ2n) is 8.75. The first-order chi connectivity index (χ1) is 16.5. The standard InChI is InChI=1S/C25H27FN6O2/c1-16-15-34-12-11-32(16)24-21-13-31(2)14-22(21)29-23(30-24)17-3-7-19(8-4-17)27-25(33)28-20-9-5-18(26)6-10-20/h3-10,16H,11-15H2,1-2H3,(H2,27,28,33)/t16-/m0/s1. The number of fused-ring (bicyclic) bond motifs is 1. The number of ether oxygens (including phenoxy) is 1. The summed E-state index contributed by atoms with van der Waals surface area (Å²) in [6, 6.07) is 12.9. The molecular formula is C25H27FN6O2. The predicted octanol–water partition coefficient (Wildman–Crippen LogP) is 4.10. The number of morpholine rings is 1. The van der Waals surface area contributed by atoms with Gasteiger partial charge in [-0.2, -0.15) is 0 Å². The lowest BCUT2D eigenvalue weighted by Crippen LogP contribution is -2.44. The van der Waals surface area contributed by atoms with Gasteiger partial charge in [-0.1, -0.05) is 0 Å². The molecule has 0 bridgehead atoms. The number of rotatable bonds is 4. The summed E-state index contributed by atoms with van der Waals surface area (Å²) in [6.45, 7) is 5.96. The number of amides is 2. The Morgan fingerprint density at radius 2 is 1.71 bits per heavy atom. The maximum Gasteiger partial charge on any atom is 0.323 e. The van der Waals surface area contributed by atoms with E-state index < -0.39 is 6.03 Å². The van der Waals surface area contributed by atoms with Gasteiger partial charge in [0.1, 0.15) is 11.6 Å². The van der Waals surface area contributed by atoms with Crippen LogP contribution in [-0.2, 0) is 17.8 Å². The Labute approximate surface area is 197 Å². The van der Waals surface area contributed by atoms with Gasteiger partial charge in [0.05, 0.1) is 24.9 Å². The highest BCUT2D eigenvalue weighted by atomic mass is 19.1. The van der Waals surface area contributed by atoms with Crippen molar-refractivity contribution in [1.29, 1.82) is 0 Å². The van der Waals surface area contributed by atoms with E-state index in [2.05, 4.69) is 34.4 Å². The van der Waals surface area contributed by atoms with Crippen molar-refractivity contribution in [2.75, 3.05) is 42.3 Å². The summed E-state index contributed by atoms with van der Waals surface area (Å²) >= 11 is 0. The van der Waals surface area contributed by atoms with Crippen LogP contribution in [0, 0.1) is 5.82 Å².